The first-order valence-corrected chi connectivity index (χ1v) is 12.1. The summed E-state index contributed by atoms with van der Waals surface area (Å²) in [7, 11) is 0. The summed E-state index contributed by atoms with van der Waals surface area (Å²) in [6, 6.07) is 14.8. The molecule has 2 aromatic carbocycles. The van der Waals surface area contributed by atoms with Crippen LogP contribution in [0.4, 0.5) is 0 Å². The number of hydrazine groups is 1. The second-order valence-corrected chi connectivity index (χ2v) is 9.22. The van der Waals surface area contributed by atoms with Gasteiger partial charge >= 0.3 is 0 Å². The number of carbonyl (C=O) groups is 1. The summed E-state index contributed by atoms with van der Waals surface area (Å²) in [6.07, 6.45) is 4.21. The van der Waals surface area contributed by atoms with E-state index in [1.165, 1.54) is 0 Å². The topological polar surface area (TPSA) is 83.1 Å². The van der Waals surface area contributed by atoms with Gasteiger partial charge in [0.1, 0.15) is 17.5 Å². The summed E-state index contributed by atoms with van der Waals surface area (Å²) in [5.41, 5.74) is 8.39. The minimum Gasteiger partial charge on any atom is -0.508 e. The molecule has 5 unspecified atom stereocenters. The van der Waals surface area contributed by atoms with Gasteiger partial charge in [-0.05, 0) is 43.0 Å². The maximum absolute atomic E-state index is 13.5. The molecule has 3 heterocycles. The number of nitrogens with one attached hydrogen (secondary N) is 2. The molecule has 3 aliphatic rings. The molecule has 3 aliphatic heterocycles. The molecule has 0 bridgehead atoms. The van der Waals surface area contributed by atoms with Crippen molar-refractivity contribution in [2.75, 3.05) is 19.8 Å². The van der Waals surface area contributed by atoms with Gasteiger partial charge in [-0.15, -0.1) is 0 Å². The standard InChI is InChI=1S/C26H33N3O4/c1-2-3-14-32-18-12-10-17(11-13-18)25-22-23(20-8-4-5-9-21(20)30)27-28-24(22)26(31)29(25)16-19-7-6-15-33-19/h4-5,8-13,19,22-25,27-28,30H,2-3,6-7,14-16H2,1H3. The normalized spacial score (nSPS) is 28.9. The van der Waals surface area contributed by atoms with Gasteiger partial charge in [0, 0.05) is 24.6 Å². The number of nitrogens with zero attached hydrogens (tertiary/aromatic N) is 1. The smallest absolute Gasteiger partial charge is 0.242 e. The van der Waals surface area contributed by atoms with Crippen LogP contribution in [0.5, 0.6) is 11.5 Å². The van der Waals surface area contributed by atoms with Crippen molar-refractivity contribution in [2.45, 2.75) is 56.8 Å². The number of hydrogen-bond acceptors (Lipinski definition) is 6. The lowest BCUT2D eigenvalue weighted by Gasteiger charge is -2.32. The zero-order chi connectivity index (χ0) is 22.8. The first-order chi connectivity index (χ1) is 16.2. The number of likely N-dealkylation sites (tertiary alicyclic amines) is 1. The Hall–Kier alpha value is -2.61. The van der Waals surface area contributed by atoms with Crippen molar-refractivity contribution in [1.29, 1.82) is 0 Å². The first-order valence-electron chi connectivity index (χ1n) is 12.1. The van der Waals surface area contributed by atoms with E-state index < -0.39 is 0 Å². The molecular weight excluding hydrogens is 418 g/mol. The number of hydrogen-bond donors (Lipinski definition) is 3. The highest BCUT2D eigenvalue weighted by Crippen LogP contribution is 2.48. The predicted molar refractivity (Wildman–Crippen MR) is 125 cm³/mol. The van der Waals surface area contributed by atoms with Crippen LogP contribution in [0.25, 0.3) is 0 Å². The number of benzene rings is 2. The highest BCUT2D eigenvalue weighted by atomic mass is 16.5. The molecular formula is C26H33N3O4. The Labute approximate surface area is 195 Å². The van der Waals surface area contributed by atoms with Crippen molar-refractivity contribution in [2.24, 2.45) is 5.92 Å². The number of carbonyl (C=O) groups excluding carboxylic acids is 1. The molecule has 0 saturated carbocycles. The number of para-hydroxylation sites is 1. The van der Waals surface area contributed by atoms with Crippen molar-refractivity contribution in [3.05, 3.63) is 59.7 Å². The Morgan fingerprint density at radius 3 is 2.64 bits per heavy atom. The number of amides is 1. The number of rotatable bonds is 8. The minimum absolute atomic E-state index is 0.0703. The van der Waals surface area contributed by atoms with E-state index in [0.29, 0.717) is 13.2 Å². The van der Waals surface area contributed by atoms with Gasteiger partial charge < -0.3 is 19.5 Å². The van der Waals surface area contributed by atoms with E-state index in [0.717, 1.165) is 49.2 Å². The number of fused-ring (bicyclic) bond motifs is 1. The van der Waals surface area contributed by atoms with Crippen LogP contribution < -0.4 is 15.6 Å². The monoisotopic (exact) mass is 451 g/mol. The number of ether oxygens (including phenoxy) is 2. The predicted octanol–water partition coefficient (Wildman–Crippen LogP) is 3.47. The fourth-order valence-corrected chi connectivity index (χ4v) is 5.42. The quantitative estimate of drug-likeness (QED) is 0.533. The zero-order valence-electron chi connectivity index (χ0n) is 19.1. The minimum atomic E-state index is -0.360. The van der Waals surface area contributed by atoms with Gasteiger partial charge in [-0.2, -0.15) is 0 Å². The molecule has 0 aromatic heterocycles. The molecule has 3 N–H and O–H groups in total. The summed E-state index contributed by atoms with van der Waals surface area (Å²) in [5.74, 6) is 1.09. The van der Waals surface area contributed by atoms with Gasteiger partial charge in [0.2, 0.25) is 5.91 Å². The largest absolute Gasteiger partial charge is 0.508 e. The third-order valence-electron chi connectivity index (χ3n) is 7.10. The molecule has 33 heavy (non-hydrogen) atoms. The number of phenols is 1. The fourth-order valence-electron chi connectivity index (χ4n) is 5.42. The molecule has 3 saturated heterocycles. The van der Waals surface area contributed by atoms with Crippen molar-refractivity contribution in [1.82, 2.24) is 15.8 Å². The molecule has 2 aromatic rings. The molecule has 7 heteroatoms. The van der Waals surface area contributed by atoms with E-state index in [4.69, 9.17) is 9.47 Å². The Morgan fingerprint density at radius 2 is 1.91 bits per heavy atom. The lowest BCUT2D eigenvalue weighted by Crippen LogP contribution is -2.43. The van der Waals surface area contributed by atoms with Gasteiger partial charge in [0.15, 0.2) is 0 Å². The zero-order valence-corrected chi connectivity index (χ0v) is 19.1. The fraction of sp³-hybridized carbons (Fsp3) is 0.500. The van der Waals surface area contributed by atoms with E-state index >= 15 is 0 Å². The maximum Gasteiger partial charge on any atom is 0.242 e. The number of aromatic hydroxyl groups is 1. The Morgan fingerprint density at radius 1 is 1.12 bits per heavy atom. The van der Waals surface area contributed by atoms with Gasteiger partial charge in [0.05, 0.1) is 24.8 Å². The van der Waals surface area contributed by atoms with Crippen LogP contribution in [0, 0.1) is 5.92 Å². The van der Waals surface area contributed by atoms with Gasteiger partial charge in [-0.25, -0.2) is 10.9 Å². The third-order valence-corrected chi connectivity index (χ3v) is 7.10. The van der Waals surface area contributed by atoms with Crippen molar-refractivity contribution >= 4 is 5.91 Å². The Bertz CT molecular complexity index is 960. The molecule has 5 rings (SSSR count). The van der Waals surface area contributed by atoms with E-state index in [-0.39, 0.29) is 41.8 Å². The molecule has 0 spiro atoms. The molecule has 176 valence electrons. The second-order valence-electron chi connectivity index (χ2n) is 9.22. The van der Waals surface area contributed by atoms with E-state index in [1.54, 1.807) is 6.07 Å². The molecule has 3 fully saturated rings. The number of unbranched alkanes of at least 4 members (excludes halogenated alkanes) is 1. The molecule has 0 aliphatic carbocycles. The Balaban J connectivity index is 1.47. The van der Waals surface area contributed by atoms with Crippen LogP contribution in [-0.4, -0.2) is 47.8 Å². The molecule has 0 radical (unpaired) electrons. The highest BCUT2D eigenvalue weighted by Gasteiger charge is 2.56. The third kappa shape index (κ3) is 4.33. The molecule has 1 amide bonds. The van der Waals surface area contributed by atoms with Gasteiger partial charge in [0.25, 0.3) is 0 Å². The van der Waals surface area contributed by atoms with E-state index in [9.17, 15) is 9.90 Å². The summed E-state index contributed by atoms with van der Waals surface area (Å²) in [6.45, 7) is 4.19. The lowest BCUT2D eigenvalue weighted by atomic mass is 9.83. The molecule has 5 atom stereocenters. The van der Waals surface area contributed by atoms with Crippen LogP contribution >= 0.6 is 0 Å². The average molecular weight is 452 g/mol. The van der Waals surface area contributed by atoms with Crippen molar-refractivity contribution in [3.8, 4) is 11.5 Å². The average Bonchev–Trinajstić information content (AvgIpc) is 3.55. The van der Waals surface area contributed by atoms with Crippen LogP contribution in [-0.2, 0) is 9.53 Å². The summed E-state index contributed by atoms with van der Waals surface area (Å²) < 4.78 is 11.7. The van der Waals surface area contributed by atoms with Crippen LogP contribution in [0.1, 0.15) is 55.8 Å². The maximum atomic E-state index is 13.5. The summed E-state index contributed by atoms with van der Waals surface area (Å²) in [5, 5.41) is 10.5. The van der Waals surface area contributed by atoms with Gasteiger partial charge in [-0.3, -0.25) is 4.79 Å². The molecule has 7 nitrogen and oxygen atoms in total. The van der Waals surface area contributed by atoms with Crippen LogP contribution in [0.15, 0.2) is 48.5 Å². The first kappa shape index (κ1) is 22.2. The summed E-state index contributed by atoms with van der Waals surface area (Å²) in [4.78, 5) is 15.5. The van der Waals surface area contributed by atoms with Crippen molar-refractivity contribution in [3.63, 3.8) is 0 Å². The Kier molecular flexibility index (Phi) is 6.53. The van der Waals surface area contributed by atoms with Gasteiger partial charge in [-0.1, -0.05) is 43.7 Å². The number of phenolic OH excluding ortho intramolecular Hbond substituents is 1. The lowest BCUT2D eigenvalue weighted by molar-refractivity contribution is -0.132. The highest BCUT2D eigenvalue weighted by molar-refractivity contribution is 5.86. The van der Waals surface area contributed by atoms with E-state index in [1.807, 2.05) is 35.2 Å². The van der Waals surface area contributed by atoms with Crippen LogP contribution in [0.3, 0.4) is 0 Å². The summed E-state index contributed by atoms with van der Waals surface area (Å²) >= 11 is 0. The van der Waals surface area contributed by atoms with Crippen LogP contribution in [0.2, 0.25) is 0 Å². The van der Waals surface area contributed by atoms with E-state index in [2.05, 4.69) is 29.9 Å². The van der Waals surface area contributed by atoms with Crippen molar-refractivity contribution < 1.29 is 19.4 Å². The SMILES string of the molecule is CCCCOc1ccc(C2C3C(NNC3c3ccccc3O)C(=O)N2CC2CCCO2)cc1. The second kappa shape index (κ2) is 9.71.